The summed E-state index contributed by atoms with van der Waals surface area (Å²) in [6.45, 7) is 6.08. The summed E-state index contributed by atoms with van der Waals surface area (Å²) >= 11 is 0. The number of nitrogens with one attached hydrogen (secondary N) is 1. The van der Waals surface area contributed by atoms with Crippen molar-refractivity contribution in [2.75, 3.05) is 6.54 Å². The summed E-state index contributed by atoms with van der Waals surface area (Å²) < 4.78 is 13.0. The van der Waals surface area contributed by atoms with E-state index < -0.39 is 0 Å². The van der Waals surface area contributed by atoms with Crippen LogP contribution in [0.2, 0.25) is 0 Å². The highest BCUT2D eigenvalue weighted by Gasteiger charge is 2.19. The molecule has 0 radical (unpaired) electrons. The van der Waals surface area contributed by atoms with Gasteiger partial charge in [-0.3, -0.25) is 0 Å². The molecule has 3 nitrogen and oxygen atoms in total. The van der Waals surface area contributed by atoms with E-state index in [0.717, 1.165) is 36.5 Å². The topological polar surface area (TPSA) is 37.8 Å². The molecule has 1 aliphatic rings. The SMILES string of the molecule is CC(C)c1nc(-c2ccc(F)cc2)nc2c1CNCC2. The largest absolute Gasteiger partial charge is 0.312 e. The van der Waals surface area contributed by atoms with E-state index in [1.807, 2.05) is 0 Å². The standard InChI is InChI=1S/C16H18FN3/c1-10(2)15-13-9-18-8-7-14(13)19-16(20-15)11-3-5-12(17)6-4-11/h3-6,10,18H,7-9H2,1-2H3. The van der Waals surface area contributed by atoms with E-state index in [4.69, 9.17) is 4.98 Å². The molecule has 2 heterocycles. The van der Waals surface area contributed by atoms with Gasteiger partial charge in [-0.1, -0.05) is 13.8 Å². The number of hydrogen-bond donors (Lipinski definition) is 1. The third-order valence-corrected chi connectivity index (χ3v) is 3.61. The van der Waals surface area contributed by atoms with Crippen LogP contribution < -0.4 is 5.32 Å². The zero-order chi connectivity index (χ0) is 14.1. The lowest BCUT2D eigenvalue weighted by molar-refractivity contribution is 0.609. The van der Waals surface area contributed by atoms with Gasteiger partial charge in [-0.15, -0.1) is 0 Å². The van der Waals surface area contributed by atoms with Crippen LogP contribution in [0.4, 0.5) is 4.39 Å². The summed E-state index contributed by atoms with van der Waals surface area (Å²) in [7, 11) is 0. The molecule has 0 bridgehead atoms. The molecular formula is C16H18FN3. The van der Waals surface area contributed by atoms with Gasteiger partial charge < -0.3 is 5.32 Å². The Morgan fingerprint density at radius 2 is 1.90 bits per heavy atom. The third kappa shape index (κ3) is 2.43. The van der Waals surface area contributed by atoms with E-state index in [1.54, 1.807) is 12.1 Å². The Bertz CT molecular complexity index is 620. The number of benzene rings is 1. The van der Waals surface area contributed by atoms with Crippen molar-refractivity contribution in [2.24, 2.45) is 0 Å². The molecule has 1 aromatic carbocycles. The monoisotopic (exact) mass is 271 g/mol. The Balaban J connectivity index is 2.12. The van der Waals surface area contributed by atoms with Gasteiger partial charge in [0.2, 0.25) is 0 Å². The van der Waals surface area contributed by atoms with Crippen molar-refractivity contribution in [3.05, 3.63) is 47.0 Å². The summed E-state index contributed by atoms with van der Waals surface area (Å²) in [5.74, 6) is 0.820. The minimum absolute atomic E-state index is 0.236. The second-order valence-corrected chi connectivity index (χ2v) is 5.45. The number of fused-ring (bicyclic) bond motifs is 1. The number of hydrogen-bond acceptors (Lipinski definition) is 3. The Hall–Kier alpha value is -1.81. The lowest BCUT2D eigenvalue weighted by Crippen LogP contribution is -2.27. The smallest absolute Gasteiger partial charge is 0.159 e. The van der Waals surface area contributed by atoms with Crippen LogP contribution >= 0.6 is 0 Å². The van der Waals surface area contributed by atoms with Crippen molar-refractivity contribution in [2.45, 2.75) is 32.7 Å². The molecule has 0 atom stereocenters. The van der Waals surface area contributed by atoms with Crippen LogP contribution in [0, 0.1) is 5.82 Å². The second-order valence-electron chi connectivity index (χ2n) is 5.45. The van der Waals surface area contributed by atoms with Crippen molar-refractivity contribution in [3.8, 4) is 11.4 Å². The molecule has 0 saturated heterocycles. The maximum Gasteiger partial charge on any atom is 0.159 e. The van der Waals surface area contributed by atoms with Gasteiger partial charge in [0.05, 0.1) is 11.4 Å². The predicted molar refractivity (Wildman–Crippen MR) is 76.9 cm³/mol. The average Bonchev–Trinajstić information content (AvgIpc) is 2.46. The molecule has 0 aliphatic carbocycles. The summed E-state index contributed by atoms with van der Waals surface area (Å²) in [5, 5.41) is 3.37. The van der Waals surface area contributed by atoms with Crippen LogP contribution in [0.3, 0.4) is 0 Å². The van der Waals surface area contributed by atoms with Gasteiger partial charge in [0, 0.05) is 30.6 Å². The first-order valence-corrected chi connectivity index (χ1v) is 7.01. The number of aromatic nitrogens is 2. The second kappa shape index (κ2) is 5.29. The van der Waals surface area contributed by atoms with E-state index in [-0.39, 0.29) is 5.82 Å². The molecule has 0 fully saturated rings. The molecule has 0 spiro atoms. The summed E-state index contributed by atoms with van der Waals surface area (Å²) in [6, 6.07) is 6.38. The molecule has 1 N–H and O–H groups in total. The fraction of sp³-hybridized carbons (Fsp3) is 0.375. The number of rotatable bonds is 2. The maximum absolute atomic E-state index is 13.0. The predicted octanol–water partition coefficient (Wildman–Crippen LogP) is 3.05. The molecule has 0 unspecified atom stereocenters. The first kappa shape index (κ1) is 13.2. The van der Waals surface area contributed by atoms with Gasteiger partial charge in [0.1, 0.15) is 5.82 Å². The zero-order valence-electron chi connectivity index (χ0n) is 11.8. The third-order valence-electron chi connectivity index (χ3n) is 3.61. The first-order valence-electron chi connectivity index (χ1n) is 7.01. The summed E-state index contributed by atoms with van der Waals surface area (Å²) in [4.78, 5) is 9.39. The maximum atomic E-state index is 13.0. The molecule has 4 heteroatoms. The first-order chi connectivity index (χ1) is 9.65. The quantitative estimate of drug-likeness (QED) is 0.912. The minimum Gasteiger partial charge on any atom is -0.312 e. The normalized spacial score (nSPS) is 14.4. The molecule has 104 valence electrons. The summed E-state index contributed by atoms with van der Waals surface area (Å²) in [6.07, 6.45) is 0.922. The van der Waals surface area contributed by atoms with E-state index in [1.165, 1.54) is 17.7 Å². The molecule has 1 aliphatic heterocycles. The van der Waals surface area contributed by atoms with Gasteiger partial charge in [-0.05, 0) is 30.2 Å². The minimum atomic E-state index is -0.236. The van der Waals surface area contributed by atoms with Gasteiger partial charge >= 0.3 is 0 Å². The van der Waals surface area contributed by atoms with Crippen molar-refractivity contribution in [1.29, 1.82) is 0 Å². The van der Waals surface area contributed by atoms with Crippen molar-refractivity contribution < 1.29 is 4.39 Å². The highest BCUT2D eigenvalue weighted by atomic mass is 19.1. The van der Waals surface area contributed by atoms with Gasteiger partial charge in [-0.2, -0.15) is 0 Å². The lowest BCUT2D eigenvalue weighted by Gasteiger charge is -2.21. The van der Waals surface area contributed by atoms with Crippen molar-refractivity contribution in [3.63, 3.8) is 0 Å². The van der Waals surface area contributed by atoms with Crippen LogP contribution in [-0.4, -0.2) is 16.5 Å². The Morgan fingerprint density at radius 3 is 2.60 bits per heavy atom. The fourth-order valence-electron chi connectivity index (χ4n) is 2.57. The number of nitrogens with zero attached hydrogens (tertiary/aromatic N) is 2. The highest BCUT2D eigenvalue weighted by molar-refractivity contribution is 5.56. The molecular weight excluding hydrogens is 253 g/mol. The Labute approximate surface area is 118 Å². The zero-order valence-corrected chi connectivity index (χ0v) is 11.8. The van der Waals surface area contributed by atoms with Crippen LogP contribution in [0.1, 0.15) is 36.7 Å². The fourth-order valence-corrected chi connectivity index (χ4v) is 2.57. The lowest BCUT2D eigenvalue weighted by atomic mass is 9.98. The molecule has 0 amide bonds. The van der Waals surface area contributed by atoms with Crippen LogP contribution in [-0.2, 0) is 13.0 Å². The molecule has 1 aromatic heterocycles. The Morgan fingerprint density at radius 1 is 1.15 bits per heavy atom. The molecule has 0 saturated carbocycles. The van der Waals surface area contributed by atoms with Crippen molar-refractivity contribution >= 4 is 0 Å². The van der Waals surface area contributed by atoms with E-state index in [0.29, 0.717) is 11.7 Å². The van der Waals surface area contributed by atoms with E-state index in [9.17, 15) is 4.39 Å². The molecule has 3 rings (SSSR count). The van der Waals surface area contributed by atoms with Crippen molar-refractivity contribution in [1.82, 2.24) is 15.3 Å². The van der Waals surface area contributed by atoms with Gasteiger partial charge in [0.15, 0.2) is 5.82 Å². The average molecular weight is 271 g/mol. The molecule has 20 heavy (non-hydrogen) atoms. The van der Waals surface area contributed by atoms with Gasteiger partial charge in [-0.25, -0.2) is 14.4 Å². The van der Waals surface area contributed by atoms with Crippen LogP contribution in [0.25, 0.3) is 11.4 Å². The summed E-state index contributed by atoms with van der Waals surface area (Å²) in [5.41, 5.74) is 4.33. The number of halogens is 1. The molecule has 2 aromatic rings. The van der Waals surface area contributed by atoms with Gasteiger partial charge in [0.25, 0.3) is 0 Å². The van der Waals surface area contributed by atoms with Crippen LogP contribution in [0.5, 0.6) is 0 Å². The van der Waals surface area contributed by atoms with E-state index >= 15 is 0 Å². The highest BCUT2D eigenvalue weighted by Crippen LogP contribution is 2.26. The van der Waals surface area contributed by atoms with Crippen LogP contribution in [0.15, 0.2) is 24.3 Å². The Kier molecular flexibility index (Phi) is 3.49. The van der Waals surface area contributed by atoms with E-state index in [2.05, 4.69) is 24.1 Å².